The Kier molecular flexibility index (Phi) is 6.00. The van der Waals surface area contributed by atoms with Gasteiger partial charge in [0.25, 0.3) is 5.91 Å². The second-order valence-corrected chi connectivity index (χ2v) is 9.80. The lowest BCUT2D eigenvalue weighted by atomic mass is 9.98. The lowest BCUT2D eigenvalue weighted by molar-refractivity contribution is 0.0255. The highest BCUT2D eigenvalue weighted by molar-refractivity contribution is 7.14. The van der Waals surface area contributed by atoms with E-state index in [0.29, 0.717) is 31.1 Å². The van der Waals surface area contributed by atoms with Crippen LogP contribution < -0.4 is 0 Å². The molecular formula is C19H31N3O3S. The molecule has 0 spiro atoms. The highest BCUT2D eigenvalue weighted by Crippen LogP contribution is 2.30. The fraction of sp³-hybridized carbons (Fsp3) is 0.737. The second kappa shape index (κ2) is 7.55. The second-order valence-electron chi connectivity index (χ2n) is 8.80. The molecule has 2 amide bonds. The first-order valence-corrected chi connectivity index (χ1v) is 9.95. The molecule has 0 atom stereocenters. The van der Waals surface area contributed by atoms with E-state index < -0.39 is 5.60 Å². The Morgan fingerprint density at radius 2 is 1.58 bits per heavy atom. The first-order chi connectivity index (χ1) is 11.9. The maximum absolute atomic E-state index is 13.0. The number of thiazole rings is 1. The molecule has 0 aliphatic carbocycles. The average molecular weight is 382 g/mol. The molecule has 26 heavy (non-hydrogen) atoms. The van der Waals surface area contributed by atoms with Gasteiger partial charge in [0.15, 0.2) is 0 Å². The number of ether oxygens (including phenoxy) is 1. The van der Waals surface area contributed by atoms with Gasteiger partial charge in [0.2, 0.25) is 0 Å². The minimum atomic E-state index is -0.512. The Hall–Kier alpha value is -1.63. The minimum Gasteiger partial charge on any atom is -0.444 e. The van der Waals surface area contributed by atoms with Crippen molar-refractivity contribution in [3.8, 4) is 0 Å². The number of rotatable bonds is 1. The average Bonchev–Trinajstić information content (AvgIpc) is 2.73. The smallest absolute Gasteiger partial charge is 0.410 e. The largest absolute Gasteiger partial charge is 0.444 e. The van der Waals surface area contributed by atoms with Crippen molar-refractivity contribution in [2.75, 3.05) is 26.2 Å². The zero-order valence-electron chi connectivity index (χ0n) is 17.0. The van der Waals surface area contributed by atoms with Crippen LogP contribution in [0.4, 0.5) is 4.79 Å². The summed E-state index contributed by atoms with van der Waals surface area (Å²) in [7, 11) is 0. The predicted molar refractivity (Wildman–Crippen MR) is 104 cm³/mol. The quantitative estimate of drug-likeness (QED) is 0.742. The molecule has 0 radical (unpaired) electrons. The van der Waals surface area contributed by atoms with Crippen LogP contribution in [-0.4, -0.2) is 58.6 Å². The van der Waals surface area contributed by atoms with Gasteiger partial charge in [-0.15, -0.1) is 11.3 Å². The maximum Gasteiger partial charge on any atom is 0.410 e. The van der Waals surface area contributed by atoms with E-state index in [-0.39, 0.29) is 17.4 Å². The molecule has 2 rings (SSSR count). The number of carbonyl (C=O) groups excluding carboxylic acids is 2. The number of amides is 2. The molecule has 0 saturated carbocycles. The number of nitrogens with zero attached hydrogens (tertiary/aromatic N) is 3. The third kappa shape index (κ3) is 5.19. The monoisotopic (exact) mass is 381 g/mol. The van der Waals surface area contributed by atoms with Crippen molar-refractivity contribution in [1.82, 2.24) is 14.8 Å². The molecular weight excluding hydrogens is 350 g/mol. The van der Waals surface area contributed by atoms with Crippen molar-refractivity contribution >= 4 is 23.3 Å². The Morgan fingerprint density at radius 1 is 1.00 bits per heavy atom. The predicted octanol–water partition coefficient (Wildman–Crippen LogP) is 3.83. The van der Waals surface area contributed by atoms with Crippen LogP contribution in [0.3, 0.4) is 0 Å². The van der Waals surface area contributed by atoms with Gasteiger partial charge in [0, 0.05) is 31.6 Å². The topological polar surface area (TPSA) is 62.7 Å². The Balaban J connectivity index is 2.06. The van der Waals surface area contributed by atoms with E-state index in [9.17, 15) is 9.59 Å². The molecule has 6 nitrogen and oxygen atoms in total. The summed E-state index contributed by atoms with van der Waals surface area (Å²) in [6, 6.07) is 0. The first kappa shape index (κ1) is 20.7. The number of hydrogen-bond donors (Lipinski definition) is 0. The Morgan fingerprint density at radius 3 is 2.12 bits per heavy atom. The minimum absolute atomic E-state index is 0.0153. The van der Waals surface area contributed by atoms with Gasteiger partial charge in [-0.1, -0.05) is 20.8 Å². The van der Waals surface area contributed by atoms with Gasteiger partial charge in [-0.05, 0) is 34.1 Å². The molecule has 146 valence electrons. The highest BCUT2D eigenvalue weighted by Gasteiger charge is 2.29. The van der Waals surface area contributed by atoms with Crippen molar-refractivity contribution in [3.63, 3.8) is 0 Å². The van der Waals surface area contributed by atoms with Crippen LogP contribution in [0.2, 0.25) is 0 Å². The fourth-order valence-electron chi connectivity index (χ4n) is 2.69. The summed E-state index contributed by atoms with van der Waals surface area (Å²) in [6.07, 6.45) is 0.436. The van der Waals surface area contributed by atoms with Gasteiger partial charge in [-0.3, -0.25) is 4.79 Å². The maximum atomic E-state index is 13.0. The molecule has 1 fully saturated rings. The standard InChI is InChI=1S/C19H31N3O3S/c1-13-14(26-16(20-13)18(2,3)4)15(23)21-9-8-10-22(12-11-21)17(24)25-19(5,6)7/h8-12H2,1-7H3. The molecule has 0 bridgehead atoms. The van der Waals surface area contributed by atoms with E-state index in [0.717, 1.165) is 17.1 Å². The number of hydrogen-bond acceptors (Lipinski definition) is 5. The summed E-state index contributed by atoms with van der Waals surface area (Å²) in [5.74, 6) is 0.0153. The summed E-state index contributed by atoms with van der Waals surface area (Å²) in [5, 5.41) is 0.976. The van der Waals surface area contributed by atoms with Crippen molar-refractivity contribution in [1.29, 1.82) is 0 Å². The summed E-state index contributed by atoms with van der Waals surface area (Å²) in [6.45, 7) is 16.0. The van der Waals surface area contributed by atoms with Crippen LogP contribution in [0.15, 0.2) is 0 Å². The zero-order valence-corrected chi connectivity index (χ0v) is 17.8. The molecule has 0 N–H and O–H groups in total. The third-order valence-electron chi connectivity index (χ3n) is 4.07. The summed E-state index contributed by atoms with van der Waals surface area (Å²) >= 11 is 1.48. The molecule has 1 aromatic rings. The van der Waals surface area contributed by atoms with Crippen molar-refractivity contribution in [3.05, 3.63) is 15.6 Å². The van der Waals surface area contributed by atoms with Gasteiger partial charge in [-0.25, -0.2) is 9.78 Å². The summed E-state index contributed by atoms with van der Waals surface area (Å²) in [4.78, 5) is 34.1. The molecule has 7 heteroatoms. The molecule has 0 aromatic carbocycles. The molecule has 1 saturated heterocycles. The van der Waals surface area contributed by atoms with E-state index in [1.165, 1.54) is 11.3 Å². The van der Waals surface area contributed by atoms with Crippen molar-refractivity contribution in [2.24, 2.45) is 0 Å². The Labute approximate surface area is 160 Å². The molecule has 1 aliphatic heterocycles. The summed E-state index contributed by atoms with van der Waals surface area (Å²) < 4.78 is 5.45. The van der Waals surface area contributed by atoms with E-state index in [4.69, 9.17) is 4.74 Å². The number of aromatic nitrogens is 1. The van der Waals surface area contributed by atoms with Gasteiger partial charge in [0.05, 0.1) is 10.7 Å². The normalized spacial score (nSPS) is 16.4. The van der Waals surface area contributed by atoms with Gasteiger partial charge in [0.1, 0.15) is 10.5 Å². The lowest BCUT2D eigenvalue weighted by Gasteiger charge is -2.26. The van der Waals surface area contributed by atoms with Gasteiger partial charge >= 0.3 is 6.09 Å². The highest BCUT2D eigenvalue weighted by atomic mass is 32.1. The first-order valence-electron chi connectivity index (χ1n) is 9.13. The van der Waals surface area contributed by atoms with Crippen LogP contribution in [-0.2, 0) is 10.2 Å². The van der Waals surface area contributed by atoms with Crippen LogP contribution in [0.1, 0.15) is 68.3 Å². The third-order valence-corrected chi connectivity index (χ3v) is 5.64. The zero-order chi connectivity index (χ0) is 19.7. The number of carbonyl (C=O) groups is 2. The van der Waals surface area contributed by atoms with Crippen molar-refractivity contribution in [2.45, 2.75) is 65.9 Å². The van der Waals surface area contributed by atoms with Crippen LogP contribution in [0.25, 0.3) is 0 Å². The van der Waals surface area contributed by atoms with Gasteiger partial charge < -0.3 is 14.5 Å². The Bertz CT molecular complexity index is 671. The van der Waals surface area contributed by atoms with Gasteiger partial charge in [-0.2, -0.15) is 0 Å². The SMILES string of the molecule is Cc1nc(C(C)(C)C)sc1C(=O)N1CCCN(C(=O)OC(C)(C)C)CC1. The van der Waals surface area contributed by atoms with E-state index in [2.05, 4.69) is 25.8 Å². The van der Waals surface area contributed by atoms with Crippen LogP contribution in [0.5, 0.6) is 0 Å². The lowest BCUT2D eigenvalue weighted by Crippen LogP contribution is -2.40. The van der Waals surface area contributed by atoms with Crippen LogP contribution in [0, 0.1) is 6.92 Å². The van der Waals surface area contributed by atoms with E-state index in [1.807, 2.05) is 32.6 Å². The molecule has 1 aromatic heterocycles. The summed E-state index contributed by atoms with van der Waals surface area (Å²) in [5.41, 5.74) is 0.209. The number of aryl methyl sites for hydroxylation is 1. The molecule has 0 unspecified atom stereocenters. The van der Waals surface area contributed by atoms with Crippen molar-refractivity contribution < 1.29 is 14.3 Å². The molecule has 2 heterocycles. The molecule has 1 aliphatic rings. The van der Waals surface area contributed by atoms with E-state index >= 15 is 0 Å². The van der Waals surface area contributed by atoms with E-state index in [1.54, 1.807) is 4.90 Å². The van der Waals surface area contributed by atoms with Crippen LogP contribution >= 0.6 is 11.3 Å². The fourth-order valence-corrected chi connectivity index (χ4v) is 3.78.